The zero-order chi connectivity index (χ0) is 11.8. The van der Waals surface area contributed by atoms with E-state index < -0.39 is 0 Å². The summed E-state index contributed by atoms with van der Waals surface area (Å²) in [7, 11) is 0. The van der Waals surface area contributed by atoms with Crippen molar-refractivity contribution in [2.75, 3.05) is 0 Å². The number of phenolic OH excluding ortho intramolecular Hbond substituents is 1. The van der Waals surface area contributed by atoms with Crippen LogP contribution >= 0.6 is 15.9 Å². The maximum atomic E-state index is 9.82. The molecule has 1 aromatic carbocycles. The first-order valence-corrected chi connectivity index (χ1v) is 5.74. The fraction of sp³-hybridized carbons (Fsp3) is 0. The number of hydrogen-bond donors (Lipinski definition) is 1. The monoisotopic (exact) mass is 290 g/mol. The fourth-order valence-corrected chi connectivity index (χ4v) is 1.92. The number of hydrogen-bond acceptors (Lipinski definition) is 4. The van der Waals surface area contributed by atoms with Crippen molar-refractivity contribution in [2.24, 2.45) is 0 Å². The van der Waals surface area contributed by atoms with Gasteiger partial charge in [-0.1, -0.05) is 15.9 Å². The Morgan fingerprint density at radius 2 is 2.12 bits per heavy atom. The summed E-state index contributed by atoms with van der Waals surface area (Å²) in [6, 6.07) is 8.71. The third-order valence-electron chi connectivity index (χ3n) is 2.36. The van der Waals surface area contributed by atoms with Gasteiger partial charge in [-0.05, 0) is 30.3 Å². The normalized spacial score (nSPS) is 10.9. The van der Waals surface area contributed by atoms with Crippen molar-refractivity contribution in [1.82, 2.24) is 9.97 Å². The van der Waals surface area contributed by atoms with Gasteiger partial charge in [-0.2, -0.15) is 4.98 Å². The molecule has 0 amide bonds. The zero-order valence-corrected chi connectivity index (χ0v) is 10.2. The van der Waals surface area contributed by atoms with Gasteiger partial charge in [-0.25, -0.2) is 4.98 Å². The minimum Gasteiger partial charge on any atom is -0.507 e. The summed E-state index contributed by atoms with van der Waals surface area (Å²) >= 11 is 3.28. The Hall–Kier alpha value is -1.88. The van der Waals surface area contributed by atoms with Crippen LogP contribution in [0.4, 0.5) is 0 Å². The predicted molar refractivity (Wildman–Crippen MR) is 66.6 cm³/mol. The Balaban J connectivity index is 2.20. The van der Waals surface area contributed by atoms with Crippen molar-refractivity contribution in [1.29, 1.82) is 0 Å². The minimum atomic E-state index is 0.117. The van der Waals surface area contributed by atoms with Gasteiger partial charge in [0, 0.05) is 10.7 Å². The zero-order valence-electron chi connectivity index (χ0n) is 8.59. The van der Waals surface area contributed by atoms with E-state index in [1.165, 1.54) is 0 Å². The van der Waals surface area contributed by atoms with Gasteiger partial charge in [-0.3, -0.25) is 0 Å². The standard InChI is InChI=1S/C12H7BrN2O2/c13-7-3-4-8(9(16)6-7)12-15-11-10(17-12)2-1-5-14-11/h1-6,16H. The second kappa shape index (κ2) is 3.85. The number of aromatic hydroxyl groups is 1. The molecule has 0 aliphatic heterocycles. The van der Waals surface area contributed by atoms with Gasteiger partial charge in [0.1, 0.15) is 5.75 Å². The van der Waals surface area contributed by atoms with E-state index in [4.69, 9.17) is 4.42 Å². The molecular weight excluding hydrogens is 284 g/mol. The van der Waals surface area contributed by atoms with E-state index in [0.717, 1.165) is 4.47 Å². The van der Waals surface area contributed by atoms with Crippen LogP contribution in [0.15, 0.2) is 45.4 Å². The summed E-state index contributed by atoms with van der Waals surface area (Å²) < 4.78 is 6.32. The van der Waals surface area contributed by atoms with Gasteiger partial charge in [-0.15, -0.1) is 0 Å². The number of benzene rings is 1. The number of pyridine rings is 1. The van der Waals surface area contributed by atoms with Gasteiger partial charge in [0.25, 0.3) is 0 Å². The Kier molecular flexibility index (Phi) is 2.33. The smallest absolute Gasteiger partial charge is 0.232 e. The maximum absolute atomic E-state index is 9.82. The molecule has 17 heavy (non-hydrogen) atoms. The number of aromatic nitrogens is 2. The van der Waals surface area contributed by atoms with Gasteiger partial charge < -0.3 is 9.52 Å². The molecule has 5 heteroatoms. The number of rotatable bonds is 1. The minimum absolute atomic E-state index is 0.117. The molecule has 0 spiro atoms. The van der Waals surface area contributed by atoms with Crippen molar-refractivity contribution >= 4 is 27.2 Å². The summed E-state index contributed by atoms with van der Waals surface area (Å²) in [6.07, 6.45) is 1.65. The van der Waals surface area contributed by atoms with Crippen LogP contribution < -0.4 is 0 Å². The van der Waals surface area contributed by atoms with Crippen LogP contribution in [0, 0.1) is 0 Å². The highest BCUT2D eigenvalue weighted by molar-refractivity contribution is 9.10. The Labute approximate surface area is 105 Å². The number of oxazole rings is 1. The third kappa shape index (κ3) is 1.78. The summed E-state index contributed by atoms with van der Waals surface area (Å²) in [6.45, 7) is 0. The van der Waals surface area contributed by atoms with Crippen molar-refractivity contribution in [3.8, 4) is 17.2 Å². The quantitative estimate of drug-likeness (QED) is 0.747. The molecular formula is C12H7BrN2O2. The number of phenols is 1. The Morgan fingerprint density at radius 3 is 2.88 bits per heavy atom. The Bertz CT molecular complexity index is 661. The number of halogens is 1. The molecule has 0 aliphatic carbocycles. The number of nitrogens with zero attached hydrogens (tertiary/aromatic N) is 2. The summed E-state index contributed by atoms with van der Waals surface area (Å²) in [5.41, 5.74) is 1.68. The van der Waals surface area contributed by atoms with Crippen LogP contribution in [-0.2, 0) is 0 Å². The molecule has 1 N–H and O–H groups in total. The molecule has 84 valence electrons. The van der Waals surface area contributed by atoms with E-state index in [1.54, 1.807) is 30.5 Å². The molecule has 4 nitrogen and oxygen atoms in total. The molecule has 3 aromatic rings. The molecule has 3 rings (SSSR count). The van der Waals surface area contributed by atoms with Crippen molar-refractivity contribution in [3.05, 3.63) is 41.0 Å². The summed E-state index contributed by atoms with van der Waals surface area (Å²) in [5.74, 6) is 0.481. The maximum Gasteiger partial charge on any atom is 0.232 e. The van der Waals surface area contributed by atoms with Crippen LogP contribution in [0.5, 0.6) is 5.75 Å². The molecule has 0 atom stereocenters. The molecule has 0 unspecified atom stereocenters. The second-order valence-corrected chi connectivity index (χ2v) is 4.42. The molecule has 2 heterocycles. The van der Waals surface area contributed by atoms with E-state index in [0.29, 0.717) is 22.7 Å². The molecule has 2 aromatic heterocycles. The first-order chi connectivity index (χ1) is 8.24. The van der Waals surface area contributed by atoms with E-state index in [2.05, 4.69) is 25.9 Å². The molecule has 0 fully saturated rings. The van der Waals surface area contributed by atoms with Crippen molar-refractivity contribution in [2.45, 2.75) is 0 Å². The van der Waals surface area contributed by atoms with Crippen LogP contribution in [-0.4, -0.2) is 15.1 Å². The highest BCUT2D eigenvalue weighted by atomic mass is 79.9. The lowest BCUT2D eigenvalue weighted by Gasteiger charge is -1.99. The van der Waals surface area contributed by atoms with Gasteiger partial charge in [0.15, 0.2) is 11.2 Å². The summed E-state index contributed by atoms with van der Waals surface area (Å²) in [5, 5.41) is 9.82. The molecule has 0 bridgehead atoms. The first kappa shape index (κ1) is 10.3. The van der Waals surface area contributed by atoms with E-state index >= 15 is 0 Å². The average molecular weight is 291 g/mol. The molecule has 0 aliphatic rings. The van der Waals surface area contributed by atoms with Crippen LogP contribution in [0.3, 0.4) is 0 Å². The van der Waals surface area contributed by atoms with Crippen molar-refractivity contribution < 1.29 is 9.52 Å². The predicted octanol–water partition coefficient (Wildman–Crippen LogP) is 3.36. The van der Waals surface area contributed by atoms with Gasteiger partial charge in [0.05, 0.1) is 5.56 Å². The topological polar surface area (TPSA) is 59.2 Å². The van der Waals surface area contributed by atoms with Gasteiger partial charge >= 0.3 is 0 Å². The highest BCUT2D eigenvalue weighted by Gasteiger charge is 2.12. The SMILES string of the molecule is Oc1cc(Br)ccc1-c1nc2ncccc2o1. The average Bonchev–Trinajstić information content (AvgIpc) is 2.72. The lowest BCUT2D eigenvalue weighted by atomic mass is 10.2. The lowest BCUT2D eigenvalue weighted by molar-refractivity contribution is 0.473. The van der Waals surface area contributed by atoms with Crippen LogP contribution in [0.2, 0.25) is 0 Å². The summed E-state index contributed by atoms with van der Waals surface area (Å²) in [4.78, 5) is 8.30. The number of fused-ring (bicyclic) bond motifs is 1. The van der Waals surface area contributed by atoms with E-state index in [9.17, 15) is 5.11 Å². The van der Waals surface area contributed by atoms with Crippen molar-refractivity contribution in [3.63, 3.8) is 0 Å². The highest BCUT2D eigenvalue weighted by Crippen LogP contribution is 2.32. The van der Waals surface area contributed by atoms with E-state index in [-0.39, 0.29) is 5.75 Å². The lowest BCUT2D eigenvalue weighted by Crippen LogP contribution is -1.79. The Morgan fingerprint density at radius 1 is 1.24 bits per heavy atom. The first-order valence-electron chi connectivity index (χ1n) is 4.94. The largest absolute Gasteiger partial charge is 0.507 e. The van der Waals surface area contributed by atoms with Crippen LogP contribution in [0.1, 0.15) is 0 Å². The second-order valence-electron chi connectivity index (χ2n) is 3.51. The fourth-order valence-electron chi connectivity index (χ4n) is 1.57. The molecule has 0 saturated carbocycles. The molecule has 0 radical (unpaired) electrons. The third-order valence-corrected chi connectivity index (χ3v) is 2.85. The van der Waals surface area contributed by atoms with E-state index in [1.807, 2.05) is 6.07 Å². The van der Waals surface area contributed by atoms with Crippen LogP contribution in [0.25, 0.3) is 22.7 Å². The molecule has 0 saturated heterocycles. The van der Waals surface area contributed by atoms with Gasteiger partial charge in [0.2, 0.25) is 5.89 Å².